The van der Waals surface area contributed by atoms with Crippen LogP contribution in [0.4, 0.5) is 0 Å². The first-order chi connectivity index (χ1) is 11.1. The predicted molar refractivity (Wildman–Crippen MR) is 94.1 cm³/mol. The molecule has 0 N–H and O–H groups in total. The summed E-state index contributed by atoms with van der Waals surface area (Å²) < 4.78 is 2.18. The van der Waals surface area contributed by atoms with Crippen LogP contribution in [0.25, 0.3) is 16.7 Å². The quantitative estimate of drug-likeness (QED) is 0.648. The Labute approximate surface area is 137 Å². The Kier molecular flexibility index (Phi) is 4.28. The molecular weight excluding hydrogens is 284 g/mol. The van der Waals surface area contributed by atoms with Gasteiger partial charge < -0.3 is 0 Å². The molecule has 0 spiro atoms. The van der Waals surface area contributed by atoms with Gasteiger partial charge in [-0.2, -0.15) is 0 Å². The average Bonchev–Trinajstić information content (AvgIpc) is 2.93. The van der Waals surface area contributed by atoms with E-state index in [1.807, 2.05) is 18.2 Å². The van der Waals surface area contributed by atoms with Gasteiger partial charge in [0, 0.05) is 17.7 Å². The number of hydrogen-bond donors (Lipinski definition) is 0. The molecule has 0 saturated heterocycles. The first-order valence-electron chi connectivity index (χ1n) is 8.03. The van der Waals surface area contributed by atoms with Crippen LogP contribution < -0.4 is 0 Å². The van der Waals surface area contributed by atoms with Crippen LogP contribution in [0.15, 0.2) is 42.5 Å². The number of ketones is 1. The van der Waals surface area contributed by atoms with E-state index in [2.05, 4.69) is 49.1 Å². The van der Waals surface area contributed by atoms with Gasteiger partial charge in [0.25, 0.3) is 0 Å². The van der Waals surface area contributed by atoms with Gasteiger partial charge in [0.2, 0.25) is 0 Å². The highest BCUT2D eigenvalue weighted by atomic mass is 16.1. The highest BCUT2D eigenvalue weighted by Crippen LogP contribution is 2.24. The third-order valence-corrected chi connectivity index (χ3v) is 4.08. The lowest BCUT2D eigenvalue weighted by atomic mass is 10.1. The van der Waals surface area contributed by atoms with E-state index in [0.717, 1.165) is 35.4 Å². The molecule has 0 aliphatic carbocycles. The Hall–Kier alpha value is -2.42. The van der Waals surface area contributed by atoms with Crippen LogP contribution in [0, 0.1) is 6.42 Å². The number of imidazole rings is 1. The van der Waals surface area contributed by atoms with E-state index >= 15 is 0 Å². The molecule has 0 atom stereocenters. The topological polar surface area (TPSA) is 34.9 Å². The van der Waals surface area contributed by atoms with Gasteiger partial charge in [-0.15, -0.1) is 0 Å². The summed E-state index contributed by atoms with van der Waals surface area (Å²) in [4.78, 5) is 16.3. The maximum absolute atomic E-state index is 11.6. The second-order valence-corrected chi connectivity index (χ2v) is 5.76. The molecule has 0 bridgehead atoms. The second kappa shape index (κ2) is 6.37. The zero-order chi connectivity index (χ0) is 16.4. The molecule has 117 valence electrons. The number of fused-ring (bicyclic) bond motifs is 1. The van der Waals surface area contributed by atoms with Gasteiger partial charge in [-0.3, -0.25) is 9.36 Å². The fraction of sp³-hybridized carbons (Fsp3) is 0.250. The van der Waals surface area contributed by atoms with Crippen molar-refractivity contribution in [3.63, 3.8) is 0 Å². The fourth-order valence-corrected chi connectivity index (χ4v) is 2.89. The van der Waals surface area contributed by atoms with Crippen LogP contribution in [0.1, 0.15) is 42.5 Å². The Morgan fingerprint density at radius 2 is 1.91 bits per heavy atom. The molecule has 1 aromatic heterocycles. The summed E-state index contributed by atoms with van der Waals surface area (Å²) in [6.45, 7) is 5.76. The van der Waals surface area contributed by atoms with Crippen molar-refractivity contribution in [3.05, 3.63) is 65.8 Å². The van der Waals surface area contributed by atoms with Gasteiger partial charge in [-0.05, 0) is 55.7 Å². The van der Waals surface area contributed by atoms with Crippen LogP contribution >= 0.6 is 0 Å². The summed E-state index contributed by atoms with van der Waals surface area (Å²) >= 11 is 0. The van der Waals surface area contributed by atoms with E-state index in [1.54, 1.807) is 6.92 Å². The number of rotatable bonds is 5. The van der Waals surface area contributed by atoms with Gasteiger partial charge in [0.15, 0.2) is 5.78 Å². The van der Waals surface area contributed by atoms with Crippen LogP contribution in [0.3, 0.4) is 0 Å². The first kappa shape index (κ1) is 15.5. The summed E-state index contributed by atoms with van der Waals surface area (Å²) in [7, 11) is 0. The van der Waals surface area contributed by atoms with Crippen molar-refractivity contribution in [2.75, 3.05) is 0 Å². The van der Waals surface area contributed by atoms with Crippen LogP contribution in [-0.4, -0.2) is 15.3 Å². The molecule has 0 aliphatic rings. The van der Waals surface area contributed by atoms with Gasteiger partial charge in [0.1, 0.15) is 5.82 Å². The number of aryl methyl sites for hydroxylation is 1. The summed E-state index contributed by atoms with van der Waals surface area (Å²) in [5.74, 6) is 1.08. The van der Waals surface area contributed by atoms with E-state index in [1.165, 1.54) is 5.56 Å². The lowest BCUT2D eigenvalue weighted by Gasteiger charge is -2.09. The van der Waals surface area contributed by atoms with Crippen molar-refractivity contribution in [2.24, 2.45) is 0 Å². The highest BCUT2D eigenvalue weighted by molar-refractivity contribution is 5.97. The number of hydrogen-bond acceptors (Lipinski definition) is 2. The molecule has 3 heteroatoms. The first-order valence-corrected chi connectivity index (χ1v) is 8.03. The molecule has 23 heavy (non-hydrogen) atoms. The minimum absolute atomic E-state index is 0.0691. The number of carbonyl (C=O) groups excluding carboxylic acids is 1. The molecule has 3 rings (SSSR count). The summed E-state index contributed by atoms with van der Waals surface area (Å²) in [6, 6.07) is 14.3. The van der Waals surface area contributed by atoms with Gasteiger partial charge >= 0.3 is 0 Å². The van der Waals surface area contributed by atoms with E-state index < -0.39 is 0 Å². The molecule has 1 heterocycles. The minimum Gasteiger partial charge on any atom is -0.296 e. The molecule has 0 amide bonds. The lowest BCUT2D eigenvalue weighted by molar-refractivity contribution is 0.101. The predicted octanol–water partition coefficient (Wildman–Crippen LogP) is 4.56. The van der Waals surface area contributed by atoms with Crippen LogP contribution in [0.5, 0.6) is 0 Å². The van der Waals surface area contributed by atoms with Crippen molar-refractivity contribution < 1.29 is 4.79 Å². The zero-order valence-electron chi connectivity index (χ0n) is 13.8. The number of nitrogens with zero attached hydrogens (tertiary/aromatic N) is 2. The van der Waals surface area contributed by atoms with Crippen molar-refractivity contribution in [2.45, 2.75) is 33.6 Å². The van der Waals surface area contributed by atoms with E-state index in [-0.39, 0.29) is 5.78 Å². The smallest absolute Gasteiger partial charge is 0.159 e. The van der Waals surface area contributed by atoms with Crippen molar-refractivity contribution in [1.29, 1.82) is 0 Å². The number of carbonyl (C=O) groups is 1. The molecule has 0 saturated carbocycles. The largest absolute Gasteiger partial charge is 0.296 e. The van der Waals surface area contributed by atoms with E-state index in [9.17, 15) is 4.79 Å². The SMILES string of the molecule is C[CH]Cc1ccc(-n2c(CC)nc3cc(C(C)=O)ccc32)cc1. The average molecular weight is 305 g/mol. The number of Topliss-reactive ketones (excluding diaryl/α,β-unsaturated/α-hetero) is 1. The summed E-state index contributed by atoms with van der Waals surface area (Å²) in [6.07, 6.45) is 3.98. The third kappa shape index (κ3) is 2.91. The Balaban J connectivity index is 2.13. The maximum Gasteiger partial charge on any atom is 0.159 e. The van der Waals surface area contributed by atoms with Crippen molar-refractivity contribution >= 4 is 16.8 Å². The highest BCUT2D eigenvalue weighted by Gasteiger charge is 2.12. The monoisotopic (exact) mass is 305 g/mol. The second-order valence-electron chi connectivity index (χ2n) is 5.76. The molecule has 1 radical (unpaired) electrons. The Morgan fingerprint density at radius 1 is 1.17 bits per heavy atom. The van der Waals surface area contributed by atoms with Gasteiger partial charge in [-0.1, -0.05) is 26.0 Å². The molecule has 3 nitrogen and oxygen atoms in total. The summed E-state index contributed by atoms with van der Waals surface area (Å²) in [5, 5.41) is 0. The number of benzene rings is 2. The van der Waals surface area contributed by atoms with Gasteiger partial charge in [0.05, 0.1) is 11.0 Å². The Morgan fingerprint density at radius 3 is 2.52 bits per heavy atom. The third-order valence-electron chi connectivity index (χ3n) is 4.08. The molecule has 2 aromatic carbocycles. The lowest BCUT2D eigenvalue weighted by Crippen LogP contribution is -2.00. The van der Waals surface area contributed by atoms with Crippen molar-refractivity contribution in [3.8, 4) is 5.69 Å². The van der Waals surface area contributed by atoms with Crippen LogP contribution in [0.2, 0.25) is 0 Å². The molecule has 0 fully saturated rings. The number of aromatic nitrogens is 2. The molecule has 0 aliphatic heterocycles. The standard InChI is InChI=1S/C20H21N2O/c1-4-6-15-7-10-17(11-8-15)22-19-12-9-16(14(3)23)13-18(19)21-20(22)5-2/h4,7-13H,5-6H2,1-3H3. The van der Waals surface area contributed by atoms with Crippen molar-refractivity contribution in [1.82, 2.24) is 9.55 Å². The molecule has 3 aromatic rings. The van der Waals surface area contributed by atoms with Crippen LogP contribution in [-0.2, 0) is 12.8 Å². The van der Waals surface area contributed by atoms with Gasteiger partial charge in [-0.25, -0.2) is 4.98 Å². The van der Waals surface area contributed by atoms with E-state index in [0.29, 0.717) is 5.56 Å². The van der Waals surface area contributed by atoms with E-state index in [4.69, 9.17) is 4.98 Å². The minimum atomic E-state index is 0.0691. The fourth-order valence-electron chi connectivity index (χ4n) is 2.89. The maximum atomic E-state index is 11.6. The zero-order valence-corrected chi connectivity index (χ0v) is 13.8. The normalized spacial score (nSPS) is 11.1. The molecule has 0 unspecified atom stereocenters. The molecular formula is C20H21N2O. The summed E-state index contributed by atoms with van der Waals surface area (Å²) in [5.41, 5.74) is 5.04. The Bertz CT molecular complexity index is 844.